The maximum atomic E-state index is 11.9. The van der Waals surface area contributed by atoms with E-state index in [0.29, 0.717) is 16.5 Å². The second kappa shape index (κ2) is 5.69. The van der Waals surface area contributed by atoms with Crippen LogP contribution in [0.15, 0.2) is 58.0 Å². The van der Waals surface area contributed by atoms with E-state index in [1.807, 2.05) is 0 Å². The highest BCUT2D eigenvalue weighted by molar-refractivity contribution is 5.94. The first kappa shape index (κ1) is 13.8. The summed E-state index contributed by atoms with van der Waals surface area (Å²) in [5, 5.41) is 13.2. The molecule has 6 nitrogen and oxygen atoms in total. The van der Waals surface area contributed by atoms with E-state index in [2.05, 4.69) is 10.3 Å². The quantitative estimate of drug-likeness (QED) is 0.719. The maximum absolute atomic E-state index is 11.9. The summed E-state index contributed by atoms with van der Waals surface area (Å²) in [6, 6.07) is 9.89. The Morgan fingerprint density at radius 3 is 2.82 bits per heavy atom. The van der Waals surface area contributed by atoms with Gasteiger partial charge in [-0.3, -0.25) is 9.78 Å². The van der Waals surface area contributed by atoms with Gasteiger partial charge in [0.1, 0.15) is 11.3 Å². The zero-order chi connectivity index (χ0) is 15.5. The molecular weight excluding hydrogens is 284 g/mol. The lowest BCUT2D eigenvalue weighted by molar-refractivity contribution is 0.0950. The minimum atomic E-state index is -0.678. The zero-order valence-corrected chi connectivity index (χ0v) is 11.4. The maximum Gasteiger partial charge on any atom is 0.345 e. The van der Waals surface area contributed by atoms with Crippen molar-refractivity contribution in [2.45, 2.75) is 6.54 Å². The molecule has 3 aromatic rings. The fourth-order valence-corrected chi connectivity index (χ4v) is 2.10. The molecule has 0 spiro atoms. The summed E-state index contributed by atoms with van der Waals surface area (Å²) in [5.74, 6) is -0.571. The molecule has 2 aromatic heterocycles. The van der Waals surface area contributed by atoms with E-state index in [-0.39, 0.29) is 23.8 Å². The van der Waals surface area contributed by atoms with Crippen molar-refractivity contribution in [1.82, 2.24) is 10.3 Å². The molecule has 22 heavy (non-hydrogen) atoms. The van der Waals surface area contributed by atoms with E-state index in [4.69, 9.17) is 4.42 Å². The van der Waals surface area contributed by atoms with Gasteiger partial charge < -0.3 is 14.8 Å². The number of nitrogens with one attached hydrogen (secondary N) is 1. The largest absolute Gasteiger partial charge is 0.507 e. The molecule has 1 aromatic carbocycles. The number of carbonyl (C=O) groups excluding carboxylic acids is 1. The van der Waals surface area contributed by atoms with E-state index in [1.165, 1.54) is 6.20 Å². The Bertz CT molecular complexity index is 888. The Kier molecular flexibility index (Phi) is 3.57. The lowest BCUT2D eigenvalue weighted by Crippen LogP contribution is -2.26. The Balaban J connectivity index is 1.88. The van der Waals surface area contributed by atoms with Gasteiger partial charge in [-0.2, -0.15) is 0 Å². The van der Waals surface area contributed by atoms with Crippen LogP contribution in [0.25, 0.3) is 11.0 Å². The van der Waals surface area contributed by atoms with Crippen LogP contribution in [0.1, 0.15) is 15.9 Å². The molecule has 2 heterocycles. The van der Waals surface area contributed by atoms with Gasteiger partial charge in [-0.25, -0.2) is 4.79 Å². The number of benzene rings is 1. The first-order valence-electron chi connectivity index (χ1n) is 6.58. The number of amides is 1. The number of hydrogen-bond acceptors (Lipinski definition) is 5. The molecular formula is C16H12N2O4. The Morgan fingerprint density at radius 1 is 1.23 bits per heavy atom. The van der Waals surface area contributed by atoms with Gasteiger partial charge in [0.05, 0.1) is 23.1 Å². The SMILES string of the molecule is O=C(NCc1c(O)c2ccccc2oc1=O)c1cccnc1. The minimum Gasteiger partial charge on any atom is -0.507 e. The highest BCUT2D eigenvalue weighted by Gasteiger charge is 2.15. The van der Waals surface area contributed by atoms with Crippen molar-refractivity contribution in [2.75, 3.05) is 0 Å². The molecule has 0 aliphatic heterocycles. The molecule has 0 aliphatic carbocycles. The third-order valence-electron chi connectivity index (χ3n) is 3.23. The fraction of sp³-hybridized carbons (Fsp3) is 0.0625. The fourth-order valence-electron chi connectivity index (χ4n) is 2.10. The third kappa shape index (κ3) is 2.54. The number of aromatic hydroxyl groups is 1. The van der Waals surface area contributed by atoms with E-state index in [9.17, 15) is 14.7 Å². The Morgan fingerprint density at radius 2 is 2.05 bits per heavy atom. The second-order valence-electron chi connectivity index (χ2n) is 4.64. The number of rotatable bonds is 3. The Hall–Kier alpha value is -3.15. The number of fused-ring (bicyclic) bond motifs is 1. The summed E-state index contributed by atoms with van der Waals surface area (Å²) >= 11 is 0. The highest BCUT2D eigenvalue weighted by Crippen LogP contribution is 2.25. The number of pyridine rings is 1. The van der Waals surface area contributed by atoms with Gasteiger partial charge in [-0.15, -0.1) is 0 Å². The Labute approximate surface area is 125 Å². The zero-order valence-electron chi connectivity index (χ0n) is 11.4. The van der Waals surface area contributed by atoms with Gasteiger partial charge in [0, 0.05) is 12.4 Å². The highest BCUT2D eigenvalue weighted by atomic mass is 16.4. The predicted octanol–water partition coefficient (Wildman–Crippen LogP) is 1.82. The minimum absolute atomic E-state index is 0.0101. The molecule has 0 saturated heterocycles. The molecule has 0 bridgehead atoms. The molecule has 2 N–H and O–H groups in total. The molecule has 0 aliphatic rings. The van der Waals surface area contributed by atoms with Crippen molar-refractivity contribution in [2.24, 2.45) is 0 Å². The van der Waals surface area contributed by atoms with Gasteiger partial charge in [0.2, 0.25) is 0 Å². The number of nitrogens with zero attached hydrogens (tertiary/aromatic N) is 1. The number of para-hydroxylation sites is 1. The van der Waals surface area contributed by atoms with E-state index >= 15 is 0 Å². The van der Waals surface area contributed by atoms with Crippen molar-refractivity contribution in [3.05, 3.63) is 70.3 Å². The number of carbonyl (C=O) groups is 1. The second-order valence-corrected chi connectivity index (χ2v) is 4.64. The average Bonchev–Trinajstić information content (AvgIpc) is 2.55. The van der Waals surface area contributed by atoms with Crippen molar-refractivity contribution < 1.29 is 14.3 Å². The molecule has 0 radical (unpaired) electrons. The van der Waals surface area contributed by atoms with Gasteiger partial charge in [0.25, 0.3) is 5.91 Å². The normalized spacial score (nSPS) is 10.5. The topological polar surface area (TPSA) is 92.4 Å². The summed E-state index contributed by atoms with van der Waals surface area (Å²) in [7, 11) is 0. The van der Waals surface area contributed by atoms with Crippen LogP contribution in [0.4, 0.5) is 0 Å². The molecule has 0 atom stereocenters. The van der Waals surface area contributed by atoms with Crippen LogP contribution in [-0.4, -0.2) is 16.0 Å². The van der Waals surface area contributed by atoms with E-state index in [0.717, 1.165) is 0 Å². The van der Waals surface area contributed by atoms with Crippen molar-refractivity contribution in [3.8, 4) is 5.75 Å². The number of aromatic nitrogens is 1. The number of hydrogen-bond donors (Lipinski definition) is 2. The van der Waals surface area contributed by atoms with Crippen LogP contribution >= 0.6 is 0 Å². The van der Waals surface area contributed by atoms with Crippen molar-refractivity contribution in [3.63, 3.8) is 0 Å². The molecule has 6 heteroatoms. The molecule has 3 rings (SSSR count). The lowest BCUT2D eigenvalue weighted by Gasteiger charge is -2.07. The van der Waals surface area contributed by atoms with E-state index in [1.54, 1.807) is 42.6 Å². The molecule has 0 fully saturated rings. The first-order valence-corrected chi connectivity index (χ1v) is 6.58. The van der Waals surface area contributed by atoms with Crippen LogP contribution in [0, 0.1) is 0 Å². The first-order chi connectivity index (χ1) is 10.7. The van der Waals surface area contributed by atoms with Crippen molar-refractivity contribution in [1.29, 1.82) is 0 Å². The molecule has 0 saturated carbocycles. The van der Waals surface area contributed by atoms with Crippen molar-refractivity contribution >= 4 is 16.9 Å². The standard InChI is InChI=1S/C16H12N2O4/c19-14-11-5-1-2-6-13(11)22-16(21)12(14)9-18-15(20)10-4-3-7-17-8-10/h1-8,19H,9H2,(H,18,20). The summed E-state index contributed by atoms with van der Waals surface area (Å²) in [6.07, 6.45) is 2.97. The van der Waals surface area contributed by atoms with Gasteiger partial charge >= 0.3 is 5.63 Å². The molecule has 110 valence electrons. The van der Waals surface area contributed by atoms with Gasteiger partial charge in [-0.05, 0) is 24.3 Å². The van der Waals surface area contributed by atoms with Gasteiger partial charge in [-0.1, -0.05) is 12.1 Å². The van der Waals surface area contributed by atoms with Crippen LogP contribution < -0.4 is 10.9 Å². The molecule has 0 unspecified atom stereocenters. The van der Waals surface area contributed by atoms with Crippen LogP contribution in [0.3, 0.4) is 0 Å². The van der Waals surface area contributed by atoms with Crippen LogP contribution in [0.2, 0.25) is 0 Å². The smallest absolute Gasteiger partial charge is 0.345 e. The van der Waals surface area contributed by atoms with Gasteiger partial charge in [0.15, 0.2) is 0 Å². The predicted molar refractivity (Wildman–Crippen MR) is 79.6 cm³/mol. The summed E-state index contributed by atoms with van der Waals surface area (Å²) in [6.45, 7) is -0.132. The summed E-state index contributed by atoms with van der Waals surface area (Å²) < 4.78 is 5.13. The van der Waals surface area contributed by atoms with Crippen LogP contribution in [-0.2, 0) is 6.54 Å². The van der Waals surface area contributed by atoms with Crippen LogP contribution in [0.5, 0.6) is 5.75 Å². The molecule has 1 amide bonds. The van der Waals surface area contributed by atoms with E-state index < -0.39 is 5.63 Å². The monoisotopic (exact) mass is 296 g/mol. The summed E-state index contributed by atoms with van der Waals surface area (Å²) in [5.41, 5.74) is -0.00173. The average molecular weight is 296 g/mol. The summed E-state index contributed by atoms with van der Waals surface area (Å²) in [4.78, 5) is 27.7. The lowest BCUT2D eigenvalue weighted by atomic mass is 10.1. The third-order valence-corrected chi connectivity index (χ3v) is 3.23.